The van der Waals surface area contributed by atoms with Crippen LogP contribution in [0.4, 0.5) is 5.82 Å². The molecule has 2 rings (SSSR count). The Balaban J connectivity index is 2.50. The lowest BCUT2D eigenvalue weighted by Gasteiger charge is -2.26. The van der Waals surface area contributed by atoms with Crippen LogP contribution in [0.2, 0.25) is 5.15 Å². The van der Waals surface area contributed by atoms with Gasteiger partial charge >= 0.3 is 11.9 Å². The molecule has 7 nitrogen and oxygen atoms in total. The van der Waals surface area contributed by atoms with E-state index in [9.17, 15) is 9.59 Å². The van der Waals surface area contributed by atoms with Crippen molar-refractivity contribution in [3.63, 3.8) is 0 Å². The van der Waals surface area contributed by atoms with Crippen LogP contribution in [0.3, 0.4) is 0 Å². The van der Waals surface area contributed by atoms with Gasteiger partial charge in [-0.2, -0.15) is 0 Å². The molecule has 150 valence electrons. The SMILES string of the molecule is CCOC(=O)c1c(Cl)nc(SC)nc1N(CCC(=O)OC)Cc1ccccc1. The molecule has 0 aliphatic heterocycles. The third kappa shape index (κ3) is 5.84. The summed E-state index contributed by atoms with van der Waals surface area (Å²) in [6.07, 6.45) is 1.94. The van der Waals surface area contributed by atoms with Crippen molar-refractivity contribution in [1.29, 1.82) is 0 Å². The van der Waals surface area contributed by atoms with E-state index in [2.05, 4.69) is 9.97 Å². The maximum absolute atomic E-state index is 12.5. The molecule has 0 atom stereocenters. The van der Waals surface area contributed by atoms with Crippen molar-refractivity contribution in [2.75, 3.05) is 31.4 Å². The summed E-state index contributed by atoms with van der Waals surface area (Å²) in [5, 5.41) is 0.438. The molecule has 0 spiro atoms. The van der Waals surface area contributed by atoms with Gasteiger partial charge in [0.15, 0.2) is 5.16 Å². The quantitative estimate of drug-likeness (QED) is 0.262. The number of aromatic nitrogens is 2. The van der Waals surface area contributed by atoms with Crippen molar-refractivity contribution in [2.45, 2.75) is 25.0 Å². The van der Waals surface area contributed by atoms with E-state index in [-0.39, 0.29) is 36.3 Å². The van der Waals surface area contributed by atoms with Crippen LogP contribution in [0.15, 0.2) is 35.5 Å². The van der Waals surface area contributed by atoms with E-state index in [1.807, 2.05) is 41.5 Å². The van der Waals surface area contributed by atoms with Crippen molar-refractivity contribution in [1.82, 2.24) is 9.97 Å². The molecule has 28 heavy (non-hydrogen) atoms. The summed E-state index contributed by atoms with van der Waals surface area (Å²) in [5.74, 6) is -0.636. The molecule has 0 saturated carbocycles. The van der Waals surface area contributed by atoms with Crippen LogP contribution in [0.1, 0.15) is 29.3 Å². The van der Waals surface area contributed by atoms with Crippen LogP contribution in [-0.2, 0) is 20.8 Å². The maximum atomic E-state index is 12.5. The Morgan fingerprint density at radius 2 is 1.93 bits per heavy atom. The molecule has 9 heteroatoms. The van der Waals surface area contributed by atoms with Crippen LogP contribution < -0.4 is 4.90 Å². The number of rotatable bonds is 9. The molecule has 1 aromatic heterocycles. The maximum Gasteiger partial charge on any atom is 0.345 e. The molecule has 0 bridgehead atoms. The van der Waals surface area contributed by atoms with Crippen molar-refractivity contribution in [3.05, 3.63) is 46.6 Å². The van der Waals surface area contributed by atoms with Crippen molar-refractivity contribution in [2.24, 2.45) is 0 Å². The molecular formula is C19H22ClN3O4S. The fourth-order valence-electron chi connectivity index (χ4n) is 2.49. The fourth-order valence-corrected chi connectivity index (χ4v) is 3.15. The Hall–Kier alpha value is -2.32. The van der Waals surface area contributed by atoms with Gasteiger partial charge in [-0.15, -0.1) is 0 Å². The van der Waals surface area contributed by atoms with E-state index in [0.717, 1.165) is 5.56 Å². The van der Waals surface area contributed by atoms with Gasteiger partial charge in [0.05, 0.1) is 20.1 Å². The van der Waals surface area contributed by atoms with Gasteiger partial charge in [0, 0.05) is 13.1 Å². The lowest BCUT2D eigenvalue weighted by atomic mass is 10.2. The summed E-state index contributed by atoms with van der Waals surface area (Å²) in [6, 6.07) is 9.65. The molecular weight excluding hydrogens is 402 g/mol. The van der Waals surface area contributed by atoms with Gasteiger partial charge < -0.3 is 14.4 Å². The first-order valence-corrected chi connectivity index (χ1v) is 10.2. The lowest BCUT2D eigenvalue weighted by molar-refractivity contribution is -0.140. The third-order valence-electron chi connectivity index (χ3n) is 3.82. The van der Waals surface area contributed by atoms with Gasteiger partial charge in [0.1, 0.15) is 16.5 Å². The number of benzene rings is 1. The highest BCUT2D eigenvalue weighted by Crippen LogP contribution is 2.29. The molecule has 2 aromatic rings. The second-order valence-corrected chi connectivity index (χ2v) is 6.78. The van der Waals surface area contributed by atoms with Crippen LogP contribution in [0.5, 0.6) is 0 Å². The molecule has 0 unspecified atom stereocenters. The first kappa shape index (κ1) is 22.0. The number of carbonyl (C=O) groups excluding carboxylic acids is 2. The number of nitrogens with zero attached hydrogens (tertiary/aromatic N) is 3. The monoisotopic (exact) mass is 423 g/mol. The molecule has 0 N–H and O–H groups in total. The normalized spacial score (nSPS) is 10.4. The Morgan fingerprint density at radius 3 is 2.54 bits per heavy atom. The molecule has 1 heterocycles. The predicted octanol–water partition coefficient (Wildman–Crippen LogP) is 3.60. The van der Waals surface area contributed by atoms with E-state index in [4.69, 9.17) is 21.1 Å². The first-order valence-electron chi connectivity index (χ1n) is 8.64. The van der Waals surface area contributed by atoms with Crippen LogP contribution in [0.25, 0.3) is 0 Å². The second-order valence-electron chi connectivity index (χ2n) is 5.65. The molecule has 0 amide bonds. The van der Waals surface area contributed by atoms with E-state index in [1.165, 1.54) is 18.9 Å². The number of thioether (sulfide) groups is 1. The van der Waals surface area contributed by atoms with Gasteiger partial charge in [-0.05, 0) is 18.7 Å². The molecule has 0 fully saturated rings. The van der Waals surface area contributed by atoms with Crippen molar-refractivity contribution < 1.29 is 19.1 Å². The number of esters is 2. The largest absolute Gasteiger partial charge is 0.469 e. The zero-order valence-corrected chi connectivity index (χ0v) is 17.5. The average molecular weight is 424 g/mol. The summed E-state index contributed by atoms with van der Waals surface area (Å²) in [4.78, 5) is 34.7. The van der Waals surface area contributed by atoms with E-state index in [1.54, 1.807) is 6.92 Å². The fraction of sp³-hybridized carbons (Fsp3) is 0.368. The number of carbonyl (C=O) groups is 2. The van der Waals surface area contributed by atoms with E-state index >= 15 is 0 Å². The minimum atomic E-state index is -0.605. The molecule has 1 aromatic carbocycles. The van der Waals surface area contributed by atoms with Gasteiger partial charge in [0.25, 0.3) is 0 Å². The van der Waals surface area contributed by atoms with Crippen LogP contribution >= 0.6 is 23.4 Å². The summed E-state index contributed by atoms with van der Waals surface area (Å²) in [6.45, 7) is 2.61. The van der Waals surface area contributed by atoms with Crippen molar-refractivity contribution >= 4 is 41.1 Å². The Labute approximate surface area is 173 Å². The van der Waals surface area contributed by atoms with Gasteiger partial charge in [-0.25, -0.2) is 14.8 Å². The summed E-state index contributed by atoms with van der Waals surface area (Å²) in [7, 11) is 1.33. The number of ether oxygens (including phenoxy) is 2. The average Bonchev–Trinajstić information content (AvgIpc) is 2.70. The molecule has 0 aliphatic rings. The van der Waals surface area contributed by atoms with Crippen LogP contribution in [0, 0.1) is 0 Å². The summed E-state index contributed by atoms with van der Waals surface area (Å²) >= 11 is 7.60. The van der Waals surface area contributed by atoms with Crippen molar-refractivity contribution in [3.8, 4) is 0 Å². The van der Waals surface area contributed by atoms with E-state index in [0.29, 0.717) is 17.5 Å². The summed E-state index contributed by atoms with van der Waals surface area (Å²) < 4.78 is 9.89. The number of anilines is 1. The number of hydrogen-bond acceptors (Lipinski definition) is 8. The highest BCUT2D eigenvalue weighted by molar-refractivity contribution is 7.98. The number of hydrogen-bond donors (Lipinski definition) is 0. The van der Waals surface area contributed by atoms with Gasteiger partial charge in [-0.1, -0.05) is 53.7 Å². The summed E-state index contributed by atoms with van der Waals surface area (Å²) in [5.41, 5.74) is 1.07. The van der Waals surface area contributed by atoms with Gasteiger partial charge in [-0.3, -0.25) is 4.79 Å². The minimum Gasteiger partial charge on any atom is -0.469 e. The number of methoxy groups -OCH3 is 1. The zero-order valence-electron chi connectivity index (χ0n) is 16.0. The van der Waals surface area contributed by atoms with Crippen LogP contribution in [-0.4, -0.2) is 48.4 Å². The Morgan fingerprint density at radius 1 is 1.21 bits per heavy atom. The third-order valence-corrected chi connectivity index (χ3v) is 4.64. The topological polar surface area (TPSA) is 81.6 Å². The molecule has 0 aliphatic carbocycles. The predicted molar refractivity (Wildman–Crippen MR) is 109 cm³/mol. The molecule has 0 saturated heterocycles. The molecule has 0 radical (unpaired) electrons. The lowest BCUT2D eigenvalue weighted by Crippen LogP contribution is -2.29. The highest BCUT2D eigenvalue weighted by atomic mass is 35.5. The minimum absolute atomic E-state index is 0.0175. The number of halogens is 1. The smallest absolute Gasteiger partial charge is 0.345 e. The Kier molecular flexibility index (Phi) is 8.53. The van der Waals surface area contributed by atoms with Gasteiger partial charge in [0.2, 0.25) is 0 Å². The zero-order chi connectivity index (χ0) is 20.5. The van der Waals surface area contributed by atoms with E-state index < -0.39 is 5.97 Å². The first-order chi connectivity index (χ1) is 13.5. The Bertz CT molecular complexity index is 820. The second kappa shape index (κ2) is 10.9. The highest BCUT2D eigenvalue weighted by Gasteiger charge is 2.26. The standard InChI is InChI=1S/C19H22ClN3O4S/c1-4-27-18(25)15-16(20)21-19(28-3)22-17(15)23(11-10-14(24)26-2)12-13-8-6-5-7-9-13/h5-9H,4,10-12H2,1-3H3.